The molecule has 0 saturated carbocycles. The fourth-order valence-electron chi connectivity index (χ4n) is 0.673. The summed E-state index contributed by atoms with van der Waals surface area (Å²) in [6.45, 7) is 3.45. The molecule has 0 aliphatic rings. The number of rotatable bonds is 9. The maximum atomic E-state index is 10.9. The Kier molecular flexibility index (Phi) is 7.08. The molecular weight excluding hydrogens is 280 g/mol. The third kappa shape index (κ3) is 10.6. The van der Waals surface area contributed by atoms with Crippen LogP contribution in [0.25, 0.3) is 0 Å². The molecular formula is C6H14O9S2. The molecule has 0 aromatic carbocycles. The van der Waals surface area contributed by atoms with E-state index in [4.69, 9.17) is 9.29 Å². The lowest BCUT2D eigenvalue weighted by molar-refractivity contribution is -0.133. The highest BCUT2D eigenvalue weighted by atomic mass is 32.3. The Hall–Kier alpha value is -0.300. The zero-order valence-electron chi connectivity index (χ0n) is 9.23. The quantitative estimate of drug-likeness (QED) is 0.208. The topological polar surface area (TPSA) is 125 Å². The molecule has 0 aromatic rings. The van der Waals surface area contributed by atoms with Gasteiger partial charge in [0.1, 0.15) is 0 Å². The number of ether oxygens (including phenoxy) is 1. The van der Waals surface area contributed by atoms with E-state index in [9.17, 15) is 16.8 Å². The Labute approximate surface area is 99.8 Å². The minimum atomic E-state index is -5.04. The smallest absolute Gasteiger partial charge is 0.352 e. The van der Waals surface area contributed by atoms with Crippen molar-refractivity contribution >= 4 is 20.8 Å². The SMILES string of the molecule is CCCCOC(C)OS(=O)(=O)OOS(=O)(=O)O. The fourth-order valence-corrected chi connectivity index (χ4v) is 1.65. The van der Waals surface area contributed by atoms with Crippen LogP contribution < -0.4 is 0 Å². The van der Waals surface area contributed by atoms with E-state index in [0.717, 1.165) is 6.42 Å². The van der Waals surface area contributed by atoms with Crippen LogP contribution in [0.4, 0.5) is 0 Å². The van der Waals surface area contributed by atoms with E-state index in [1.807, 2.05) is 6.92 Å². The molecule has 1 unspecified atom stereocenters. The summed E-state index contributed by atoms with van der Waals surface area (Å²) in [5, 5.41) is 0. The highest BCUT2D eigenvalue weighted by Gasteiger charge is 2.22. The van der Waals surface area contributed by atoms with Crippen molar-refractivity contribution in [2.75, 3.05) is 6.61 Å². The molecule has 0 bridgehead atoms. The summed E-state index contributed by atoms with van der Waals surface area (Å²) in [7, 11) is -9.77. The van der Waals surface area contributed by atoms with Crippen LogP contribution >= 0.6 is 0 Å². The molecule has 0 rings (SSSR count). The molecule has 0 saturated heterocycles. The second kappa shape index (κ2) is 7.20. The maximum absolute atomic E-state index is 10.9. The summed E-state index contributed by atoms with van der Waals surface area (Å²) in [5.41, 5.74) is 0. The van der Waals surface area contributed by atoms with Gasteiger partial charge in [-0.3, -0.25) is 4.55 Å². The Morgan fingerprint density at radius 2 is 1.76 bits per heavy atom. The van der Waals surface area contributed by atoms with E-state index in [1.165, 1.54) is 6.92 Å². The van der Waals surface area contributed by atoms with Crippen molar-refractivity contribution in [2.24, 2.45) is 0 Å². The van der Waals surface area contributed by atoms with E-state index < -0.39 is 27.1 Å². The van der Waals surface area contributed by atoms with E-state index in [0.29, 0.717) is 6.42 Å². The summed E-state index contributed by atoms with van der Waals surface area (Å²) in [6, 6.07) is 0. The van der Waals surface area contributed by atoms with Crippen LogP contribution in [0.5, 0.6) is 0 Å². The lowest BCUT2D eigenvalue weighted by atomic mass is 10.4. The van der Waals surface area contributed by atoms with Crippen LogP contribution in [0.2, 0.25) is 0 Å². The molecule has 104 valence electrons. The van der Waals surface area contributed by atoms with Gasteiger partial charge in [0.25, 0.3) is 0 Å². The van der Waals surface area contributed by atoms with E-state index >= 15 is 0 Å². The van der Waals surface area contributed by atoms with Crippen LogP contribution in [0.1, 0.15) is 26.7 Å². The summed E-state index contributed by atoms with van der Waals surface area (Å²) >= 11 is 0. The van der Waals surface area contributed by atoms with E-state index in [1.54, 1.807) is 0 Å². The number of unbranched alkanes of at least 4 members (excludes halogenated alkanes) is 1. The first kappa shape index (κ1) is 16.7. The highest BCUT2D eigenvalue weighted by Crippen LogP contribution is 2.06. The van der Waals surface area contributed by atoms with Gasteiger partial charge in [-0.25, -0.2) is 4.18 Å². The molecule has 0 heterocycles. The zero-order chi connectivity index (χ0) is 13.5. The third-order valence-corrected chi connectivity index (χ3v) is 2.37. The van der Waals surface area contributed by atoms with Crippen LogP contribution in [-0.2, 0) is 38.4 Å². The van der Waals surface area contributed by atoms with Gasteiger partial charge in [0.05, 0.1) is 0 Å². The molecule has 0 aliphatic heterocycles. The Morgan fingerprint density at radius 1 is 1.18 bits per heavy atom. The monoisotopic (exact) mass is 294 g/mol. The van der Waals surface area contributed by atoms with Crippen molar-refractivity contribution in [3.05, 3.63) is 0 Å². The van der Waals surface area contributed by atoms with Gasteiger partial charge in [-0.1, -0.05) is 22.0 Å². The van der Waals surface area contributed by atoms with Crippen molar-refractivity contribution in [1.29, 1.82) is 0 Å². The molecule has 0 amide bonds. The van der Waals surface area contributed by atoms with Crippen molar-refractivity contribution in [3.63, 3.8) is 0 Å². The molecule has 1 N–H and O–H groups in total. The first-order valence-electron chi connectivity index (χ1n) is 4.56. The number of hydrogen-bond donors (Lipinski definition) is 1. The van der Waals surface area contributed by atoms with Gasteiger partial charge in [0.15, 0.2) is 6.29 Å². The molecule has 1 atom stereocenters. The summed E-state index contributed by atoms with van der Waals surface area (Å²) in [4.78, 5) is 0. The van der Waals surface area contributed by atoms with Gasteiger partial charge in [-0.05, 0) is 13.3 Å². The molecule has 9 nitrogen and oxygen atoms in total. The van der Waals surface area contributed by atoms with E-state index in [-0.39, 0.29) is 6.61 Å². The van der Waals surface area contributed by atoms with E-state index in [2.05, 4.69) is 12.9 Å². The minimum absolute atomic E-state index is 0.270. The first-order valence-corrected chi connectivity index (χ1v) is 7.26. The fraction of sp³-hybridized carbons (Fsp3) is 1.00. The molecule has 0 aliphatic carbocycles. The van der Waals surface area contributed by atoms with Crippen molar-refractivity contribution < 1.29 is 39.0 Å². The number of hydrogen-bond acceptors (Lipinski definition) is 8. The maximum Gasteiger partial charge on any atom is 0.430 e. The van der Waals surface area contributed by atoms with Gasteiger partial charge in [0, 0.05) is 6.61 Å². The summed E-state index contributed by atoms with van der Waals surface area (Å²) in [5.74, 6) is 0. The van der Waals surface area contributed by atoms with Gasteiger partial charge >= 0.3 is 20.8 Å². The Bertz CT molecular complexity index is 397. The van der Waals surface area contributed by atoms with Crippen molar-refractivity contribution in [1.82, 2.24) is 0 Å². The summed E-state index contributed by atoms with van der Waals surface area (Å²) < 4.78 is 65.6. The Morgan fingerprint density at radius 3 is 2.24 bits per heavy atom. The summed E-state index contributed by atoms with van der Waals surface area (Å²) in [6.07, 6.45) is 0.384. The van der Waals surface area contributed by atoms with Crippen molar-refractivity contribution in [2.45, 2.75) is 33.0 Å². The standard InChI is InChI=1S/C6H14O9S2/c1-3-4-5-12-6(2)13-17(10,11)15-14-16(7,8)9/h6H,3-5H2,1-2H3,(H,7,8,9). The predicted molar refractivity (Wildman–Crippen MR) is 54.0 cm³/mol. The largest absolute Gasteiger partial charge is 0.430 e. The van der Waals surface area contributed by atoms with Crippen LogP contribution in [-0.4, -0.2) is 34.3 Å². The zero-order valence-corrected chi connectivity index (χ0v) is 10.9. The van der Waals surface area contributed by atoms with Gasteiger partial charge in [0.2, 0.25) is 0 Å². The third-order valence-electron chi connectivity index (χ3n) is 1.30. The lowest BCUT2D eigenvalue weighted by Crippen LogP contribution is -2.22. The molecule has 0 radical (unpaired) electrons. The average molecular weight is 294 g/mol. The second-order valence-electron chi connectivity index (χ2n) is 2.86. The average Bonchev–Trinajstić information content (AvgIpc) is 2.14. The second-order valence-corrected chi connectivity index (χ2v) is 5.00. The highest BCUT2D eigenvalue weighted by molar-refractivity contribution is 7.83. The predicted octanol–water partition coefficient (Wildman–Crippen LogP) is 0.162. The normalized spacial score (nSPS) is 14.8. The molecule has 17 heavy (non-hydrogen) atoms. The minimum Gasteiger partial charge on any atom is -0.352 e. The van der Waals surface area contributed by atoms with Crippen LogP contribution in [0.15, 0.2) is 0 Å². The Balaban J connectivity index is 4.08. The first-order chi connectivity index (χ1) is 7.66. The molecule has 0 fully saturated rings. The van der Waals surface area contributed by atoms with Crippen molar-refractivity contribution in [3.8, 4) is 0 Å². The van der Waals surface area contributed by atoms with Gasteiger partial charge in [-0.15, -0.1) is 0 Å². The van der Waals surface area contributed by atoms with Gasteiger partial charge < -0.3 is 4.74 Å². The molecule has 0 aromatic heterocycles. The molecule has 0 spiro atoms. The lowest BCUT2D eigenvalue weighted by Gasteiger charge is -2.11. The van der Waals surface area contributed by atoms with Gasteiger partial charge in [-0.2, -0.15) is 16.8 Å². The molecule has 11 heteroatoms. The van der Waals surface area contributed by atoms with Crippen LogP contribution in [0.3, 0.4) is 0 Å². The van der Waals surface area contributed by atoms with Crippen LogP contribution in [0, 0.1) is 0 Å².